The van der Waals surface area contributed by atoms with Gasteiger partial charge in [0.15, 0.2) is 0 Å². The van der Waals surface area contributed by atoms with Gasteiger partial charge in [-0.05, 0) is 48.7 Å². The zero-order valence-electron chi connectivity index (χ0n) is 11.6. The van der Waals surface area contributed by atoms with Gasteiger partial charge in [0.2, 0.25) is 5.28 Å². The number of hydrogen-bond acceptors (Lipinski definition) is 4. The lowest BCUT2D eigenvalue weighted by molar-refractivity contribution is 1.19. The predicted octanol–water partition coefficient (Wildman–Crippen LogP) is 5.72. The maximum atomic E-state index is 6.03. The van der Waals surface area contributed by atoms with E-state index in [2.05, 4.69) is 57.2 Å². The van der Waals surface area contributed by atoms with Crippen molar-refractivity contribution in [3.63, 3.8) is 0 Å². The molecule has 1 aromatic carbocycles. The number of aromatic nitrogens is 2. The number of fused-ring (bicyclic) bond motifs is 1. The van der Waals surface area contributed by atoms with E-state index in [0.717, 1.165) is 32.6 Å². The van der Waals surface area contributed by atoms with Crippen molar-refractivity contribution in [1.82, 2.24) is 9.97 Å². The molecule has 0 bridgehead atoms. The molecule has 0 aliphatic carbocycles. The molecule has 2 heterocycles. The number of anilines is 2. The summed E-state index contributed by atoms with van der Waals surface area (Å²) in [7, 11) is 0. The number of aryl methyl sites for hydroxylation is 2. The summed E-state index contributed by atoms with van der Waals surface area (Å²) < 4.78 is 1.06. The summed E-state index contributed by atoms with van der Waals surface area (Å²) in [4.78, 5) is 10.8. The molecule has 0 saturated carbocycles. The largest absolute Gasteiger partial charge is 0.340 e. The third kappa shape index (κ3) is 3.05. The Morgan fingerprint density at radius 2 is 2.10 bits per heavy atom. The van der Waals surface area contributed by atoms with E-state index < -0.39 is 0 Å². The van der Waals surface area contributed by atoms with Crippen LogP contribution in [0.25, 0.3) is 10.2 Å². The second-order valence-corrected chi connectivity index (χ2v) is 7.02. The molecule has 0 fully saturated rings. The van der Waals surface area contributed by atoms with Crippen molar-refractivity contribution < 1.29 is 0 Å². The van der Waals surface area contributed by atoms with E-state index in [9.17, 15) is 0 Å². The fourth-order valence-electron chi connectivity index (χ4n) is 2.02. The lowest BCUT2D eigenvalue weighted by atomic mass is 10.2. The molecule has 2 aromatic heterocycles. The third-order valence-electron chi connectivity index (χ3n) is 3.20. The molecule has 0 atom stereocenters. The summed E-state index contributed by atoms with van der Waals surface area (Å²) in [5.74, 6) is 0.747. The van der Waals surface area contributed by atoms with Crippen LogP contribution in [0.3, 0.4) is 0 Å². The van der Waals surface area contributed by atoms with Crippen LogP contribution in [-0.2, 0) is 6.42 Å². The minimum Gasteiger partial charge on any atom is -0.340 e. The molecular weight excluding hydrogens is 370 g/mol. The summed E-state index contributed by atoms with van der Waals surface area (Å²) in [5, 5.41) is 4.61. The maximum absolute atomic E-state index is 6.03. The predicted molar refractivity (Wildman–Crippen MR) is 94.0 cm³/mol. The minimum atomic E-state index is 0.265. The van der Waals surface area contributed by atoms with Crippen LogP contribution in [0.1, 0.15) is 17.4 Å². The molecule has 3 nitrogen and oxygen atoms in total. The summed E-state index contributed by atoms with van der Waals surface area (Å²) in [6.45, 7) is 4.18. The topological polar surface area (TPSA) is 37.8 Å². The number of benzene rings is 1. The quantitative estimate of drug-likeness (QED) is 0.588. The van der Waals surface area contributed by atoms with E-state index in [0.29, 0.717) is 0 Å². The van der Waals surface area contributed by atoms with Gasteiger partial charge < -0.3 is 5.32 Å². The Morgan fingerprint density at radius 3 is 2.81 bits per heavy atom. The highest BCUT2D eigenvalue weighted by Crippen LogP contribution is 2.32. The molecular formula is C15H13BrClN3S. The summed E-state index contributed by atoms with van der Waals surface area (Å²) in [5.41, 5.74) is 2.16. The Kier molecular flexibility index (Phi) is 4.15. The van der Waals surface area contributed by atoms with Crippen molar-refractivity contribution in [1.29, 1.82) is 0 Å². The average Bonchev–Trinajstić information content (AvgIpc) is 2.86. The van der Waals surface area contributed by atoms with Gasteiger partial charge in [0, 0.05) is 15.0 Å². The molecule has 0 amide bonds. The van der Waals surface area contributed by atoms with Crippen molar-refractivity contribution in [2.75, 3.05) is 5.32 Å². The number of thiophene rings is 1. The van der Waals surface area contributed by atoms with E-state index in [1.165, 1.54) is 10.4 Å². The summed E-state index contributed by atoms with van der Waals surface area (Å²) in [6, 6.07) is 8.23. The highest BCUT2D eigenvalue weighted by molar-refractivity contribution is 9.10. The zero-order valence-corrected chi connectivity index (χ0v) is 14.7. The van der Waals surface area contributed by atoms with Gasteiger partial charge in [-0.15, -0.1) is 11.3 Å². The Hall–Kier alpha value is -1.17. The molecule has 3 aromatic rings. The number of nitrogens with one attached hydrogen (secondary N) is 1. The molecule has 21 heavy (non-hydrogen) atoms. The maximum Gasteiger partial charge on any atom is 0.225 e. The van der Waals surface area contributed by atoms with Crippen molar-refractivity contribution in [2.24, 2.45) is 0 Å². The molecule has 0 unspecified atom stereocenters. The van der Waals surface area contributed by atoms with Gasteiger partial charge in [-0.3, -0.25) is 0 Å². The third-order valence-corrected chi connectivity index (χ3v) is 5.40. The molecule has 1 N–H and O–H groups in total. The number of nitrogens with zero attached hydrogens (tertiary/aromatic N) is 2. The Morgan fingerprint density at radius 1 is 1.29 bits per heavy atom. The number of rotatable bonds is 3. The van der Waals surface area contributed by atoms with Crippen LogP contribution in [0, 0.1) is 6.92 Å². The first-order chi connectivity index (χ1) is 10.1. The first-order valence-electron chi connectivity index (χ1n) is 6.56. The molecule has 108 valence electrons. The standard InChI is InChI=1S/C15H13BrClN3S/c1-3-10-7-11-13(19-15(17)20-14(11)21-10)18-9-5-4-8(2)12(16)6-9/h4-7H,3H2,1-2H3,(H,18,19,20). The molecule has 0 spiro atoms. The van der Waals surface area contributed by atoms with Crippen molar-refractivity contribution in [3.05, 3.63) is 44.5 Å². The molecule has 6 heteroatoms. The average molecular weight is 383 g/mol. The lowest BCUT2D eigenvalue weighted by Crippen LogP contribution is -1.96. The van der Waals surface area contributed by atoms with Crippen LogP contribution in [0.2, 0.25) is 5.28 Å². The van der Waals surface area contributed by atoms with E-state index in [1.54, 1.807) is 11.3 Å². The van der Waals surface area contributed by atoms with Gasteiger partial charge in [-0.1, -0.05) is 28.9 Å². The van der Waals surface area contributed by atoms with Crippen LogP contribution in [0.15, 0.2) is 28.7 Å². The number of hydrogen-bond donors (Lipinski definition) is 1. The Bertz CT molecular complexity index is 816. The van der Waals surface area contributed by atoms with Gasteiger partial charge in [-0.2, -0.15) is 4.98 Å². The van der Waals surface area contributed by atoms with Crippen LogP contribution < -0.4 is 5.32 Å². The van der Waals surface area contributed by atoms with Crippen molar-refractivity contribution in [3.8, 4) is 0 Å². The van der Waals surface area contributed by atoms with Gasteiger partial charge in [0.05, 0.1) is 5.39 Å². The summed E-state index contributed by atoms with van der Waals surface area (Å²) >= 11 is 11.2. The summed E-state index contributed by atoms with van der Waals surface area (Å²) in [6.07, 6.45) is 0.980. The van der Waals surface area contributed by atoms with Crippen LogP contribution in [0.5, 0.6) is 0 Å². The molecule has 0 saturated heterocycles. The Labute approximate surface area is 140 Å². The fourth-order valence-corrected chi connectivity index (χ4v) is 3.59. The first-order valence-corrected chi connectivity index (χ1v) is 8.54. The highest BCUT2D eigenvalue weighted by Gasteiger charge is 2.11. The molecule has 0 aliphatic heterocycles. The lowest BCUT2D eigenvalue weighted by Gasteiger charge is -2.08. The number of halogens is 2. The van der Waals surface area contributed by atoms with E-state index in [-0.39, 0.29) is 5.28 Å². The molecule has 0 aliphatic rings. The molecule has 3 rings (SSSR count). The zero-order chi connectivity index (χ0) is 15.0. The van der Waals surface area contributed by atoms with Crippen molar-refractivity contribution >= 4 is 60.6 Å². The van der Waals surface area contributed by atoms with Gasteiger partial charge in [-0.25, -0.2) is 4.98 Å². The normalized spacial score (nSPS) is 11.0. The second kappa shape index (κ2) is 5.91. The van der Waals surface area contributed by atoms with Gasteiger partial charge in [0.1, 0.15) is 10.6 Å². The minimum absolute atomic E-state index is 0.265. The van der Waals surface area contributed by atoms with E-state index in [4.69, 9.17) is 11.6 Å². The van der Waals surface area contributed by atoms with Crippen LogP contribution >= 0.6 is 38.9 Å². The second-order valence-electron chi connectivity index (χ2n) is 4.72. The SMILES string of the molecule is CCc1cc2c(Nc3ccc(C)c(Br)c3)nc(Cl)nc2s1. The van der Waals surface area contributed by atoms with E-state index >= 15 is 0 Å². The Balaban J connectivity index is 2.06. The highest BCUT2D eigenvalue weighted by atomic mass is 79.9. The molecule has 0 radical (unpaired) electrons. The van der Waals surface area contributed by atoms with Crippen LogP contribution in [-0.4, -0.2) is 9.97 Å². The van der Waals surface area contributed by atoms with Gasteiger partial charge >= 0.3 is 0 Å². The monoisotopic (exact) mass is 381 g/mol. The first kappa shape index (κ1) is 14.8. The van der Waals surface area contributed by atoms with Crippen LogP contribution in [0.4, 0.5) is 11.5 Å². The van der Waals surface area contributed by atoms with Crippen molar-refractivity contribution in [2.45, 2.75) is 20.3 Å². The smallest absolute Gasteiger partial charge is 0.225 e. The fraction of sp³-hybridized carbons (Fsp3) is 0.200. The van der Waals surface area contributed by atoms with E-state index in [1.807, 2.05) is 12.1 Å². The van der Waals surface area contributed by atoms with Gasteiger partial charge in [0.25, 0.3) is 0 Å².